The van der Waals surface area contributed by atoms with E-state index in [4.69, 9.17) is 0 Å². The molecule has 166 valence electrons. The molecule has 3 aromatic rings. The maximum atomic E-state index is 13.4. The zero-order valence-corrected chi connectivity index (χ0v) is 19.4. The Kier molecular flexibility index (Phi) is 5.70. The van der Waals surface area contributed by atoms with Crippen LogP contribution in [0.4, 0.5) is 0 Å². The summed E-state index contributed by atoms with van der Waals surface area (Å²) in [5, 5.41) is 13.9. The molecule has 8 heteroatoms. The number of hydrogen-bond donors (Lipinski definition) is 1. The van der Waals surface area contributed by atoms with Gasteiger partial charge in [-0.2, -0.15) is 0 Å². The zero-order chi connectivity index (χ0) is 22.3. The highest BCUT2D eigenvalue weighted by atomic mass is 16.1. The van der Waals surface area contributed by atoms with Crippen LogP contribution in [0.25, 0.3) is 10.9 Å². The number of hydrogen-bond acceptors (Lipinski definition) is 6. The van der Waals surface area contributed by atoms with Crippen LogP contribution in [0.2, 0.25) is 0 Å². The van der Waals surface area contributed by atoms with Gasteiger partial charge in [0.15, 0.2) is 5.82 Å². The Morgan fingerprint density at radius 3 is 2.52 bits per heavy atom. The van der Waals surface area contributed by atoms with E-state index in [9.17, 15) is 4.79 Å². The molecule has 0 amide bonds. The molecule has 1 aliphatic heterocycles. The monoisotopic (exact) mass is 423 g/mol. The normalized spacial score (nSPS) is 17.4. The predicted molar refractivity (Wildman–Crippen MR) is 122 cm³/mol. The summed E-state index contributed by atoms with van der Waals surface area (Å²) in [6, 6.07) is 5.93. The van der Waals surface area contributed by atoms with E-state index in [2.05, 4.69) is 71.1 Å². The smallest absolute Gasteiger partial charge is 0.253 e. The first-order valence-electron chi connectivity index (χ1n) is 11.1. The van der Waals surface area contributed by atoms with Gasteiger partial charge in [-0.1, -0.05) is 13.0 Å². The number of benzene rings is 1. The Morgan fingerprint density at radius 2 is 1.84 bits per heavy atom. The van der Waals surface area contributed by atoms with Gasteiger partial charge in [0.1, 0.15) is 6.04 Å². The molecule has 8 nitrogen and oxygen atoms in total. The number of piperazine rings is 1. The van der Waals surface area contributed by atoms with Crippen LogP contribution in [0, 0.1) is 13.8 Å². The van der Waals surface area contributed by atoms with E-state index in [1.165, 1.54) is 0 Å². The van der Waals surface area contributed by atoms with Gasteiger partial charge in [0.2, 0.25) is 0 Å². The topological polar surface area (TPSA) is 82.9 Å². The second kappa shape index (κ2) is 8.16. The number of H-pyrrole nitrogens is 1. The molecule has 0 bridgehead atoms. The van der Waals surface area contributed by atoms with Gasteiger partial charge in [-0.3, -0.25) is 9.69 Å². The van der Waals surface area contributed by atoms with Crippen LogP contribution in [-0.4, -0.2) is 68.2 Å². The van der Waals surface area contributed by atoms with E-state index in [1.807, 2.05) is 23.7 Å². The summed E-state index contributed by atoms with van der Waals surface area (Å²) in [7, 11) is 2.13. The lowest BCUT2D eigenvalue weighted by Gasteiger charge is -2.38. The molecule has 1 unspecified atom stereocenters. The Bertz CT molecular complexity index is 1140. The van der Waals surface area contributed by atoms with Crippen molar-refractivity contribution in [1.29, 1.82) is 0 Å². The van der Waals surface area contributed by atoms with Gasteiger partial charge in [-0.25, -0.2) is 4.68 Å². The molecule has 2 aromatic heterocycles. The molecular weight excluding hydrogens is 390 g/mol. The van der Waals surface area contributed by atoms with Gasteiger partial charge in [0.25, 0.3) is 5.56 Å². The van der Waals surface area contributed by atoms with Gasteiger partial charge >= 0.3 is 0 Å². The number of nitrogens with zero attached hydrogens (tertiary/aromatic N) is 6. The van der Waals surface area contributed by atoms with Crippen LogP contribution < -0.4 is 5.56 Å². The molecule has 1 aliphatic rings. The molecular formula is C23H33N7O. The van der Waals surface area contributed by atoms with Crippen molar-refractivity contribution in [3.63, 3.8) is 0 Å². The largest absolute Gasteiger partial charge is 0.322 e. The molecule has 31 heavy (non-hydrogen) atoms. The third kappa shape index (κ3) is 4.02. The maximum Gasteiger partial charge on any atom is 0.253 e. The summed E-state index contributed by atoms with van der Waals surface area (Å²) in [6.07, 6.45) is 0.882. The van der Waals surface area contributed by atoms with Crippen LogP contribution in [0.1, 0.15) is 55.7 Å². The second-order valence-electron chi connectivity index (χ2n) is 9.45. The van der Waals surface area contributed by atoms with E-state index < -0.39 is 0 Å². The first-order chi connectivity index (χ1) is 14.7. The molecule has 1 atom stereocenters. The minimum Gasteiger partial charge on any atom is -0.322 e. The average Bonchev–Trinajstić information content (AvgIpc) is 3.20. The summed E-state index contributed by atoms with van der Waals surface area (Å²) >= 11 is 0. The first kappa shape index (κ1) is 21.6. The molecule has 3 heterocycles. The molecule has 0 aliphatic carbocycles. The molecule has 1 fully saturated rings. The Labute approximate surface area is 183 Å². The Hall–Kier alpha value is -2.58. The second-order valence-corrected chi connectivity index (χ2v) is 9.45. The number of fused-ring (bicyclic) bond motifs is 1. The number of likely N-dealkylation sites (N-methyl/N-ethyl adjacent to an activating group) is 1. The van der Waals surface area contributed by atoms with Crippen LogP contribution >= 0.6 is 0 Å². The van der Waals surface area contributed by atoms with Crippen LogP contribution in [-0.2, 0) is 5.54 Å². The van der Waals surface area contributed by atoms with E-state index in [-0.39, 0.29) is 17.1 Å². The van der Waals surface area contributed by atoms with Crippen molar-refractivity contribution in [2.45, 2.75) is 52.6 Å². The lowest BCUT2D eigenvalue weighted by Crippen LogP contribution is -2.48. The maximum absolute atomic E-state index is 13.4. The van der Waals surface area contributed by atoms with Crippen LogP contribution in [0.3, 0.4) is 0 Å². The number of aromatic nitrogens is 5. The van der Waals surface area contributed by atoms with Crippen molar-refractivity contribution in [1.82, 2.24) is 35.0 Å². The number of nitrogens with one attached hydrogen (secondary N) is 1. The highest BCUT2D eigenvalue weighted by Gasteiger charge is 2.35. The highest BCUT2D eigenvalue weighted by molar-refractivity contribution is 5.83. The summed E-state index contributed by atoms with van der Waals surface area (Å²) in [6.45, 7) is 14.1. The van der Waals surface area contributed by atoms with Crippen molar-refractivity contribution in [2.24, 2.45) is 0 Å². The van der Waals surface area contributed by atoms with Crippen molar-refractivity contribution in [3.8, 4) is 0 Å². The molecule has 0 radical (unpaired) electrons. The summed E-state index contributed by atoms with van der Waals surface area (Å²) in [4.78, 5) is 21.1. The fourth-order valence-electron chi connectivity index (χ4n) is 4.42. The van der Waals surface area contributed by atoms with Crippen molar-refractivity contribution in [2.75, 3.05) is 33.2 Å². The fourth-order valence-corrected chi connectivity index (χ4v) is 4.42. The average molecular weight is 424 g/mol. The molecule has 0 spiro atoms. The quantitative estimate of drug-likeness (QED) is 0.679. The lowest BCUT2D eigenvalue weighted by molar-refractivity contribution is 0.117. The highest BCUT2D eigenvalue weighted by Crippen LogP contribution is 2.31. The van der Waals surface area contributed by atoms with Crippen molar-refractivity contribution in [3.05, 3.63) is 51.1 Å². The van der Waals surface area contributed by atoms with Gasteiger partial charge in [0.05, 0.1) is 5.54 Å². The van der Waals surface area contributed by atoms with Crippen LogP contribution in [0.15, 0.2) is 23.0 Å². The van der Waals surface area contributed by atoms with Gasteiger partial charge in [0, 0.05) is 42.6 Å². The molecule has 1 N–H and O–H groups in total. The third-order valence-electron chi connectivity index (χ3n) is 6.72. The van der Waals surface area contributed by atoms with E-state index in [1.54, 1.807) is 0 Å². The summed E-state index contributed by atoms with van der Waals surface area (Å²) < 4.78 is 1.90. The zero-order valence-electron chi connectivity index (χ0n) is 19.4. The molecule has 4 rings (SSSR count). The molecule has 1 saturated heterocycles. The lowest BCUT2D eigenvalue weighted by atomic mass is 9.97. The summed E-state index contributed by atoms with van der Waals surface area (Å²) in [5.74, 6) is 0.728. The Morgan fingerprint density at radius 1 is 1.13 bits per heavy atom. The van der Waals surface area contributed by atoms with E-state index in [0.29, 0.717) is 5.56 Å². The van der Waals surface area contributed by atoms with Crippen LogP contribution in [0.5, 0.6) is 0 Å². The Balaban J connectivity index is 1.92. The number of pyridine rings is 1. The SMILES string of the molecule is CCC(C)(C)n1nnnc1C(c1cc2c(C)cc(C)cc2[nH]c1=O)N1CCN(C)CC1. The van der Waals surface area contributed by atoms with Crippen molar-refractivity contribution >= 4 is 10.9 Å². The van der Waals surface area contributed by atoms with Gasteiger partial charge in [-0.05, 0) is 74.8 Å². The van der Waals surface area contributed by atoms with E-state index >= 15 is 0 Å². The predicted octanol–water partition coefficient (Wildman–Crippen LogP) is 2.61. The number of rotatable bonds is 5. The number of aromatic amines is 1. The minimum atomic E-state index is -0.302. The van der Waals surface area contributed by atoms with Gasteiger partial charge in [-0.15, -0.1) is 5.10 Å². The number of aryl methyl sites for hydroxylation is 2. The van der Waals surface area contributed by atoms with Gasteiger partial charge < -0.3 is 9.88 Å². The molecule has 0 saturated carbocycles. The standard InChI is InChI=1S/C23H33N7O/c1-7-23(4,5)30-21(25-26-27-30)20(29-10-8-28(6)9-11-29)18-14-17-16(3)12-15(2)13-19(17)24-22(18)31/h12-14,20H,7-11H2,1-6H3,(H,24,31). The van der Waals surface area contributed by atoms with Crippen molar-refractivity contribution < 1.29 is 0 Å². The van der Waals surface area contributed by atoms with E-state index in [0.717, 1.165) is 60.5 Å². The number of tetrazole rings is 1. The molecule has 1 aromatic carbocycles. The fraction of sp³-hybridized carbons (Fsp3) is 0.565. The first-order valence-corrected chi connectivity index (χ1v) is 11.1. The summed E-state index contributed by atoms with van der Waals surface area (Å²) in [5.41, 5.74) is 3.53. The minimum absolute atomic E-state index is 0.0784. The third-order valence-corrected chi connectivity index (χ3v) is 6.72.